The third-order valence-electron chi connectivity index (χ3n) is 6.10. The molecule has 1 aliphatic heterocycles. The fourth-order valence-electron chi connectivity index (χ4n) is 4.63. The van der Waals surface area contributed by atoms with Crippen molar-refractivity contribution in [2.75, 3.05) is 33.4 Å². The second-order valence-electron chi connectivity index (χ2n) is 7.73. The fourth-order valence-corrected chi connectivity index (χ4v) is 4.63. The van der Waals surface area contributed by atoms with Gasteiger partial charge in [-0.2, -0.15) is 0 Å². The Bertz CT molecular complexity index is 619. The van der Waals surface area contributed by atoms with Crippen LogP contribution in [0.3, 0.4) is 0 Å². The lowest BCUT2D eigenvalue weighted by molar-refractivity contribution is -0.136. The minimum Gasteiger partial charge on any atom is -0.384 e. The van der Waals surface area contributed by atoms with Crippen molar-refractivity contribution < 1.29 is 18.3 Å². The summed E-state index contributed by atoms with van der Waals surface area (Å²) >= 11 is 0. The van der Waals surface area contributed by atoms with Crippen molar-refractivity contribution >= 4 is 18.3 Å². The third kappa shape index (κ3) is 4.44. The highest BCUT2D eigenvalue weighted by molar-refractivity contribution is 5.85. The van der Waals surface area contributed by atoms with Gasteiger partial charge >= 0.3 is 0 Å². The lowest BCUT2D eigenvalue weighted by Crippen LogP contribution is -2.52. The number of benzene rings is 1. The molecule has 1 amide bonds. The van der Waals surface area contributed by atoms with Gasteiger partial charge in [-0.1, -0.05) is 18.9 Å². The van der Waals surface area contributed by atoms with E-state index in [1.54, 1.807) is 7.11 Å². The third-order valence-corrected chi connectivity index (χ3v) is 6.10. The maximum Gasteiger partial charge on any atom is 0.228 e. The summed E-state index contributed by atoms with van der Waals surface area (Å²) in [4.78, 5) is 13.0. The van der Waals surface area contributed by atoms with E-state index in [1.807, 2.05) is 0 Å². The number of hydrogen-bond donors (Lipinski definition) is 2. The van der Waals surface area contributed by atoms with Crippen molar-refractivity contribution in [2.45, 2.75) is 43.9 Å². The van der Waals surface area contributed by atoms with Crippen molar-refractivity contribution in [1.82, 2.24) is 10.6 Å². The second-order valence-corrected chi connectivity index (χ2v) is 7.73. The number of ether oxygens (including phenoxy) is 1. The lowest BCUT2D eigenvalue weighted by Gasteiger charge is -2.37. The van der Waals surface area contributed by atoms with E-state index < -0.39 is 22.5 Å². The summed E-state index contributed by atoms with van der Waals surface area (Å²) in [5.41, 5.74) is -1.09. The molecule has 0 aromatic heterocycles. The number of methoxy groups -OCH3 is 1. The smallest absolute Gasteiger partial charge is 0.228 e. The molecule has 0 spiro atoms. The molecule has 1 saturated carbocycles. The number of halogens is 3. The summed E-state index contributed by atoms with van der Waals surface area (Å²) in [7, 11) is 1.60. The van der Waals surface area contributed by atoms with Gasteiger partial charge in [0, 0.05) is 24.6 Å². The van der Waals surface area contributed by atoms with Gasteiger partial charge in [0.1, 0.15) is 11.6 Å². The summed E-state index contributed by atoms with van der Waals surface area (Å²) in [5.74, 6) is -1.10. The number of carbonyl (C=O) groups is 1. The maximum absolute atomic E-state index is 14.4. The molecule has 2 fully saturated rings. The molecular formula is C20H29ClF2N2O2. The molecule has 0 atom stereocenters. The van der Waals surface area contributed by atoms with Crippen molar-refractivity contribution in [1.29, 1.82) is 0 Å². The molecule has 2 N–H and O–H groups in total. The van der Waals surface area contributed by atoms with Crippen LogP contribution in [0.25, 0.3) is 0 Å². The first-order chi connectivity index (χ1) is 12.5. The second kappa shape index (κ2) is 9.30. The van der Waals surface area contributed by atoms with Gasteiger partial charge in [0.05, 0.1) is 12.0 Å². The Morgan fingerprint density at radius 3 is 2.30 bits per heavy atom. The Labute approximate surface area is 165 Å². The van der Waals surface area contributed by atoms with Crippen molar-refractivity contribution in [2.24, 2.45) is 5.41 Å². The van der Waals surface area contributed by atoms with E-state index in [4.69, 9.17) is 4.74 Å². The first kappa shape index (κ1) is 22.1. The van der Waals surface area contributed by atoms with Gasteiger partial charge in [0.2, 0.25) is 5.91 Å². The van der Waals surface area contributed by atoms with Gasteiger partial charge in [-0.25, -0.2) is 8.78 Å². The molecule has 0 radical (unpaired) electrons. The van der Waals surface area contributed by atoms with E-state index in [-0.39, 0.29) is 30.4 Å². The Hall–Kier alpha value is -1.24. The van der Waals surface area contributed by atoms with Crippen LogP contribution in [0.15, 0.2) is 18.2 Å². The van der Waals surface area contributed by atoms with E-state index >= 15 is 0 Å². The molecule has 27 heavy (non-hydrogen) atoms. The van der Waals surface area contributed by atoms with E-state index in [0.717, 1.165) is 25.9 Å². The number of carbonyl (C=O) groups excluding carboxylic acids is 1. The van der Waals surface area contributed by atoms with Gasteiger partial charge in [-0.3, -0.25) is 4.79 Å². The zero-order valence-corrected chi connectivity index (χ0v) is 16.6. The van der Waals surface area contributed by atoms with Crippen LogP contribution in [-0.4, -0.2) is 39.3 Å². The van der Waals surface area contributed by atoms with Gasteiger partial charge in [0.25, 0.3) is 0 Å². The highest BCUT2D eigenvalue weighted by Crippen LogP contribution is 2.43. The molecule has 1 aliphatic carbocycles. The van der Waals surface area contributed by atoms with E-state index in [2.05, 4.69) is 10.6 Å². The lowest BCUT2D eigenvalue weighted by atomic mass is 9.76. The van der Waals surface area contributed by atoms with Crippen LogP contribution < -0.4 is 10.6 Å². The quantitative estimate of drug-likeness (QED) is 0.767. The number of nitrogens with one attached hydrogen (secondary N) is 2. The fraction of sp³-hybridized carbons (Fsp3) is 0.650. The van der Waals surface area contributed by atoms with Crippen LogP contribution in [0.5, 0.6) is 0 Å². The van der Waals surface area contributed by atoms with Crippen molar-refractivity contribution in [3.63, 3.8) is 0 Å². The van der Waals surface area contributed by atoms with Gasteiger partial charge in [0.15, 0.2) is 0 Å². The summed E-state index contributed by atoms with van der Waals surface area (Å²) in [5, 5.41) is 6.30. The molecule has 1 saturated heterocycles. The first-order valence-corrected chi connectivity index (χ1v) is 9.46. The van der Waals surface area contributed by atoms with Gasteiger partial charge in [-0.05, 0) is 50.9 Å². The largest absolute Gasteiger partial charge is 0.384 e. The summed E-state index contributed by atoms with van der Waals surface area (Å²) in [6, 6.07) is 4.00. The van der Waals surface area contributed by atoms with Crippen LogP contribution >= 0.6 is 12.4 Å². The Morgan fingerprint density at radius 2 is 1.74 bits per heavy atom. The normalized spacial score (nSPS) is 20.7. The van der Waals surface area contributed by atoms with E-state index in [1.165, 1.54) is 18.2 Å². The van der Waals surface area contributed by atoms with Crippen LogP contribution in [-0.2, 0) is 14.9 Å². The molecule has 0 bridgehead atoms. The number of piperidine rings is 1. The SMILES string of the molecule is COCC1(C(=O)NCC2(c3c(F)cccc3F)CCCC2)CCNCC1.Cl. The molecule has 1 aromatic carbocycles. The van der Waals surface area contributed by atoms with Crippen molar-refractivity contribution in [3.05, 3.63) is 35.4 Å². The minimum atomic E-state index is -0.660. The van der Waals surface area contributed by atoms with Crippen LogP contribution in [0.4, 0.5) is 8.78 Å². The average molecular weight is 403 g/mol. The van der Waals surface area contributed by atoms with Gasteiger partial charge < -0.3 is 15.4 Å². The minimum absolute atomic E-state index is 0. The predicted molar refractivity (Wildman–Crippen MR) is 103 cm³/mol. The molecule has 3 rings (SSSR count). The van der Waals surface area contributed by atoms with Crippen LogP contribution in [0.1, 0.15) is 44.1 Å². The summed E-state index contributed by atoms with van der Waals surface area (Å²) in [6.07, 6.45) is 4.60. The molecule has 7 heteroatoms. The molecule has 2 aliphatic rings. The van der Waals surface area contributed by atoms with Crippen LogP contribution in [0, 0.1) is 17.0 Å². The Morgan fingerprint density at radius 1 is 1.15 bits per heavy atom. The Balaban J connectivity index is 0.00000261. The molecular weight excluding hydrogens is 374 g/mol. The summed E-state index contributed by atoms with van der Waals surface area (Å²) < 4.78 is 34.2. The summed E-state index contributed by atoms with van der Waals surface area (Å²) in [6.45, 7) is 2.16. The number of rotatable bonds is 6. The number of hydrogen-bond acceptors (Lipinski definition) is 3. The zero-order chi connectivity index (χ0) is 18.6. The van der Waals surface area contributed by atoms with Crippen molar-refractivity contribution in [3.8, 4) is 0 Å². The average Bonchev–Trinajstić information content (AvgIpc) is 3.10. The van der Waals surface area contributed by atoms with Crippen LogP contribution in [0.2, 0.25) is 0 Å². The zero-order valence-electron chi connectivity index (χ0n) is 15.8. The predicted octanol–water partition coefficient (Wildman–Crippen LogP) is 3.33. The maximum atomic E-state index is 14.4. The molecule has 1 heterocycles. The van der Waals surface area contributed by atoms with E-state index in [9.17, 15) is 13.6 Å². The monoisotopic (exact) mass is 402 g/mol. The number of amides is 1. The highest BCUT2D eigenvalue weighted by atomic mass is 35.5. The van der Waals surface area contributed by atoms with Gasteiger partial charge in [-0.15, -0.1) is 12.4 Å². The highest BCUT2D eigenvalue weighted by Gasteiger charge is 2.43. The standard InChI is InChI=1S/C20H28F2N2O2.ClH/c1-26-14-20(9-11-23-12-10-20)18(25)24-13-19(7-2-3-8-19)17-15(21)5-4-6-16(17)22;/h4-6,23H,2-3,7-14H2,1H3,(H,24,25);1H. The Kier molecular flexibility index (Phi) is 7.60. The molecule has 152 valence electrons. The molecule has 0 unspecified atom stereocenters. The molecule has 1 aromatic rings. The topological polar surface area (TPSA) is 50.4 Å². The first-order valence-electron chi connectivity index (χ1n) is 9.46. The van der Waals surface area contributed by atoms with E-state index in [0.29, 0.717) is 32.3 Å². The molecule has 4 nitrogen and oxygen atoms in total.